The van der Waals surface area contributed by atoms with Crippen LogP contribution in [-0.4, -0.2) is 30.6 Å². The fraction of sp³-hybridized carbons (Fsp3) is 0.938. The molecule has 0 unspecified atom stereocenters. The van der Waals surface area contributed by atoms with Gasteiger partial charge in [0.05, 0.1) is 0 Å². The SMILES string of the molecule is CC[C@@H]1CCCC[C@@H]1NC(=O)N(C)CC1CCCC1. The molecule has 0 spiro atoms. The van der Waals surface area contributed by atoms with Crippen molar-refractivity contribution in [2.24, 2.45) is 11.8 Å². The summed E-state index contributed by atoms with van der Waals surface area (Å²) >= 11 is 0. The fourth-order valence-electron chi connectivity index (χ4n) is 3.82. The number of hydrogen-bond acceptors (Lipinski definition) is 1. The minimum absolute atomic E-state index is 0.150. The van der Waals surface area contributed by atoms with E-state index < -0.39 is 0 Å². The molecule has 3 nitrogen and oxygen atoms in total. The first-order valence-corrected chi connectivity index (χ1v) is 8.22. The molecule has 2 atom stereocenters. The molecule has 2 rings (SSSR count). The van der Waals surface area contributed by atoms with Crippen molar-refractivity contribution in [2.75, 3.05) is 13.6 Å². The van der Waals surface area contributed by atoms with E-state index in [9.17, 15) is 4.79 Å². The summed E-state index contributed by atoms with van der Waals surface area (Å²) in [6.45, 7) is 3.19. The first-order chi connectivity index (χ1) is 9.20. The lowest BCUT2D eigenvalue weighted by Crippen LogP contribution is -2.48. The molecule has 2 aliphatic carbocycles. The van der Waals surface area contributed by atoms with E-state index in [1.165, 1.54) is 57.8 Å². The van der Waals surface area contributed by atoms with Crippen LogP contribution in [0.25, 0.3) is 0 Å². The summed E-state index contributed by atoms with van der Waals surface area (Å²) in [5, 5.41) is 3.28. The molecule has 0 saturated heterocycles. The van der Waals surface area contributed by atoms with Gasteiger partial charge in [-0.1, -0.05) is 39.0 Å². The van der Waals surface area contributed by atoms with E-state index >= 15 is 0 Å². The Hall–Kier alpha value is -0.730. The van der Waals surface area contributed by atoms with Gasteiger partial charge in [-0.15, -0.1) is 0 Å². The second-order valence-corrected chi connectivity index (χ2v) is 6.54. The molecule has 2 saturated carbocycles. The third-order valence-corrected chi connectivity index (χ3v) is 5.10. The van der Waals surface area contributed by atoms with E-state index in [-0.39, 0.29) is 6.03 Å². The van der Waals surface area contributed by atoms with Crippen LogP contribution in [0, 0.1) is 11.8 Å². The van der Waals surface area contributed by atoms with E-state index in [0.717, 1.165) is 12.5 Å². The number of amides is 2. The van der Waals surface area contributed by atoms with Crippen LogP contribution in [0.3, 0.4) is 0 Å². The monoisotopic (exact) mass is 266 g/mol. The summed E-state index contributed by atoms with van der Waals surface area (Å²) in [6, 6.07) is 0.564. The zero-order valence-corrected chi connectivity index (χ0v) is 12.7. The van der Waals surface area contributed by atoms with Crippen molar-refractivity contribution in [3.8, 4) is 0 Å². The number of nitrogens with zero attached hydrogens (tertiary/aromatic N) is 1. The maximum Gasteiger partial charge on any atom is 0.317 e. The third-order valence-electron chi connectivity index (χ3n) is 5.10. The van der Waals surface area contributed by atoms with Crippen molar-refractivity contribution < 1.29 is 4.79 Å². The Morgan fingerprint density at radius 3 is 2.42 bits per heavy atom. The fourth-order valence-corrected chi connectivity index (χ4v) is 3.82. The Bertz CT molecular complexity index is 286. The van der Waals surface area contributed by atoms with Crippen LogP contribution in [0.2, 0.25) is 0 Å². The number of carbonyl (C=O) groups excluding carboxylic acids is 1. The maximum absolute atomic E-state index is 12.3. The van der Waals surface area contributed by atoms with Crippen molar-refractivity contribution in [3.05, 3.63) is 0 Å². The zero-order chi connectivity index (χ0) is 13.7. The van der Waals surface area contributed by atoms with E-state index in [2.05, 4.69) is 12.2 Å². The molecule has 19 heavy (non-hydrogen) atoms. The second-order valence-electron chi connectivity index (χ2n) is 6.54. The summed E-state index contributed by atoms with van der Waals surface area (Å²) < 4.78 is 0. The van der Waals surface area contributed by atoms with Crippen LogP contribution in [0.4, 0.5) is 4.79 Å². The molecule has 0 aromatic carbocycles. The van der Waals surface area contributed by atoms with Gasteiger partial charge in [0, 0.05) is 19.6 Å². The van der Waals surface area contributed by atoms with Gasteiger partial charge in [-0.05, 0) is 37.5 Å². The molecule has 0 heterocycles. The highest BCUT2D eigenvalue weighted by molar-refractivity contribution is 5.74. The van der Waals surface area contributed by atoms with Crippen LogP contribution >= 0.6 is 0 Å². The minimum atomic E-state index is 0.150. The average Bonchev–Trinajstić information content (AvgIpc) is 2.92. The Balaban J connectivity index is 1.78. The van der Waals surface area contributed by atoms with Crippen molar-refractivity contribution in [2.45, 2.75) is 70.8 Å². The third kappa shape index (κ3) is 4.12. The van der Waals surface area contributed by atoms with E-state index in [1.807, 2.05) is 11.9 Å². The molecule has 0 aromatic rings. The van der Waals surface area contributed by atoms with Gasteiger partial charge in [0.15, 0.2) is 0 Å². The minimum Gasteiger partial charge on any atom is -0.335 e. The predicted octanol–water partition coefficient (Wildman–Crippen LogP) is 3.79. The molecule has 0 radical (unpaired) electrons. The molecule has 2 fully saturated rings. The topological polar surface area (TPSA) is 32.3 Å². The van der Waals surface area contributed by atoms with Crippen molar-refractivity contribution in [3.63, 3.8) is 0 Å². The van der Waals surface area contributed by atoms with Gasteiger partial charge in [-0.2, -0.15) is 0 Å². The van der Waals surface area contributed by atoms with E-state index in [1.54, 1.807) is 0 Å². The van der Waals surface area contributed by atoms with Crippen LogP contribution < -0.4 is 5.32 Å². The molecule has 2 amide bonds. The van der Waals surface area contributed by atoms with Crippen LogP contribution in [0.15, 0.2) is 0 Å². The van der Waals surface area contributed by atoms with Crippen molar-refractivity contribution >= 4 is 6.03 Å². The first kappa shape index (κ1) is 14.7. The highest BCUT2D eigenvalue weighted by atomic mass is 16.2. The van der Waals surface area contributed by atoms with Gasteiger partial charge in [0.25, 0.3) is 0 Å². The number of nitrogens with one attached hydrogen (secondary N) is 1. The molecule has 3 heteroatoms. The summed E-state index contributed by atoms with van der Waals surface area (Å²) in [4.78, 5) is 14.2. The molecular formula is C16H30N2O. The molecular weight excluding hydrogens is 236 g/mol. The van der Waals surface area contributed by atoms with Crippen LogP contribution in [0.5, 0.6) is 0 Å². The summed E-state index contributed by atoms with van der Waals surface area (Å²) in [5.74, 6) is 1.43. The maximum atomic E-state index is 12.3. The van der Waals surface area contributed by atoms with Gasteiger partial charge >= 0.3 is 6.03 Å². The van der Waals surface area contributed by atoms with Crippen LogP contribution in [-0.2, 0) is 0 Å². The molecule has 0 bridgehead atoms. The number of urea groups is 1. The standard InChI is InChI=1S/C16H30N2O/c1-3-14-10-6-7-11-15(14)17-16(19)18(2)12-13-8-4-5-9-13/h13-15H,3-12H2,1-2H3,(H,17,19)/t14-,15+/m1/s1. The van der Waals surface area contributed by atoms with E-state index in [4.69, 9.17) is 0 Å². The smallest absolute Gasteiger partial charge is 0.317 e. The summed E-state index contributed by atoms with van der Waals surface area (Å²) in [6.07, 6.45) is 11.6. The lowest BCUT2D eigenvalue weighted by molar-refractivity contribution is 0.181. The average molecular weight is 266 g/mol. The molecule has 0 aliphatic heterocycles. The molecule has 0 aromatic heterocycles. The Morgan fingerprint density at radius 1 is 1.11 bits per heavy atom. The van der Waals surface area contributed by atoms with Gasteiger partial charge in [0.1, 0.15) is 0 Å². The van der Waals surface area contributed by atoms with Gasteiger partial charge < -0.3 is 10.2 Å². The summed E-state index contributed by atoms with van der Waals surface area (Å²) in [5.41, 5.74) is 0. The molecule has 1 N–H and O–H groups in total. The quantitative estimate of drug-likeness (QED) is 0.825. The molecule has 110 valence electrons. The highest BCUT2D eigenvalue weighted by Gasteiger charge is 2.27. The molecule has 2 aliphatic rings. The second kappa shape index (κ2) is 7.16. The Morgan fingerprint density at radius 2 is 1.74 bits per heavy atom. The predicted molar refractivity (Wildman–Crippen MR) is 79.2 cm³/mol. The summed E-state index contributed by atoms with van der Waals surface area (Å²) in [7, 11) is 1.96. The number of carbonyl (C=O) groups is 1. The number of rotatable bonds is 4. The highest BCUT2D eigenvalue weighted by Crippen LogP contribution is 2.27. The van der Waals surface area contributed by atoms with Crippen molar-refractivity contribution in [1.82, 2.24) is 10.2 Å². The van der Waals surface area contributed by atoms with Gasteiger partial charge in [-0.3, -0.25) is 0 Å². The Labute approximate surface area is 118 Å². The van der Waals surface area contributed by atoms with E-state index in [0.29, 0.717) is 12.0 Å². The van der Waals surface area contributed by atoms with Gasteiger partial charge in [0.2, 0.25) is 0 Å². The lowest BCUT2D eigenvalue weighted by Gasteiger charge is -2.33. The zero-order valence-electron chi connectivity index (χ0n) is 12.7. The van der Waals surface area contributed by atoms with Gasteiger partial charge in [-0.25, -0.2) is 4.79 Å². The first-order valence-electron chi connectivity index (χ1n) is 8.22. The van der Waals surface area contributed by atoms with Crippen LogP contribution in [0.1, 0.15) is 64.7 Å². The lowest BCUT2D eigenvalue weighted by atomic mass is 9.83. The Kier molecular flexibility index (Phi) is 5.53. The number of hydrogen-bond donors (Lipinski definition) is 1. The van der Waals surface area contributed by atoms with Crippen molar-refractivity contribution in [1.29, 1.82) is 0 Å². The normalized spacial score (nSPS) is 28.3. The largest absolute Gasteiger partial charge is 0.335 e.